The van der Waals surface area contributed by atoms with Gasteiger partial charge in [-0.1, -0.05) is 0 Å². The maximum Gasteiger partial charge on any atom is 0.424 e. The molecular weight excluding hydrogens is 333 g/mol. The number of carbonyl (C=O) groups excluding carboxylic acids is 1. The van der Waals surface area contributed by atoms with Crippen LogP contribution < -0.4 is 10.6 Å². The molecule has 1 unspecified atom stereocenters. The van der Waals surface area contributed by atoms with Crippen LogP contribution in [0.3, 0.4) is 0 Å². The van der Waals surface area contributed by atoms with E-state index in [1.807, 2.05) is 0 Å². The zero-order valence-corrected chi connectivity index (χ0v) is 12.9. The zero-order valence-electron chi connectivity index (χ0n) is 12.1. The van der Waals surface area contributed by atoms with Crippen LogP contribution in [0.2, 0.25) is 0 Å². The molecule has 2 amide bonds. The monoisotopic (exact) mass is 348 g/mol. The molecule has 23 heavy (non-hydrogen) atoms. The van der Waals surface area contributed by atoms with Crippen LogP contribution >= 0.6 is 11.3 Å². The molecule has 0 saturated carbocycles. The average Bonchev–Trinajstić information content (AvgIpc) is 3.08. The van der Waals surface area contributed by atoms with E-state index < -0.39 is 30.1 Å². The van der Waals surface area contributed by atoms with E-state index >= 15 is 0 Å². The highest BCUT2D eigenvalue weighted by Crippen LogP contribution is 2.40. The minimum absolute atomic E-state index is 0.376. The number of nitrogens with zero attached hydrogens (tertiary/aromatic N) is 2. The number of rotatable bonds is 5. The molecule has 10 heteroatoms. The maximum atomic E-state index is 13.2. The first-order valence-electron chi connectivity index (χ1n) is 6.58. The lowest BCUT2D eigenvalue weighted by molar-refractivity contribution is -0.272. The molecule has 2 aromatic rings. The van der Waals surface area contributed by atoms with Gasteiger partial charge in [0.2, 0.25) is 5.60 Å². The summed E-state index contributed by atoms with van der Waals surface area (Å²) in [5, 5.41) is 18.3. The van der Waals surface area contributed by atoms with Gasteiger partial charge in [0.05, 0.1) is 5.69 Å². The first-order chi connectivity index (χ1) is 10.7. The van der Waals surface area contributed by atoms with Crippen molar-refractivity contribution in [2.75, 3.05) is 11.9 Å². The standard InChI is InChI=1S/C13H15F3N4O2S/c1-20-6-5-17-10(20)12(22,13(14,15)16)3-4-18-11(21)19-9-2-7-23-8-9/h2,5-8,22H,3-4H2,1H3,(H2,18,19,21). The number of halogens is 3. The number of aromatic nitrogens is 2. The highest BCUT2D eigenvalue weighted by Gasteiger charge is 2.57. The van der Waals surface area contributed by atoms with Gasteiger partial charge in [-0.05, 0) is 11.4 Å². The Bertz CT molecular complexity index is 656. The molecule has 2 aromatic heterocycles. The minimum Gasteiger partial charge on any atom is -0.374 e. The van der Waals surface area contributed by atoms with Crippen LogP contribution in [0.4, 0.5) is 23.7 Å². The number of anilines is 1. The molecule has 6 nitrogen and oxygen atoms in total. The van der Waals surface area contributed by atoms with Gasteiger partial charge in [-0.3, -0.25) is 0 Å². The van der Waals surface area contributed by atoms with Gasteiger partial charge >= 0.3 is 12.2 Å². The quantitative estimate of drug-likeness (QED) is 0.777. The van der Waals surface area contributed by atoms with Crippen molar-refractivity contribution in [1.82, 2.24) is 14.9 Å². The number of hydrogen-bond acceptors (Lipinski definition) is 4. The topological polar surface area (TPSA) is 79.2 Å². The van der Waals surface area contributed by atoms with Crippen LogP contribution in [0, 0.1) is 0 Å². The van der Waals surface area contributed by atoms with E-state index in [0.29, 0.717) is 5.69 Å². The second-order valence-electron chi connectivity index (χ2n) is 4.86. The van der Waals surface area contributed by atoms with Crippen LogP contribution in [0.1, 0.15) is 12.2 Å². The summed E-state index contributed by atoms with van der Waals surface area (Å²) in [6.07, 6.45) is -3.19. The van der Waals surface area contributed by atoms with E-state index in [4.69, 9.17) is 0 Å². The van der Waals surface area contributed by atoms with Crippen molar-refractivity contribution in [3.63, 3.8) is 0 Å². The normalized spacial score (nSPS) is 14.3. The fraction of sp³-hybridized carbons (Fsp3) is 0.385. The molecule has 3 N–H and O–H groups in total. The first-order valence-corrected chi connectivity index (χ1v) is 7.52. The first kappa shape index (κ1) is 17.3. The number of thiophene rings is 1. The molecule has 0 aliphatic heterocycles. The Hall–Kier alpha value is -2.07. The zero-order chi connectivity index (χ0) is 17.1. The summed E-state index contributed by atoms with van der Waals surface area (Å²) in [6.45, 7) is -0.376. The van der Waals surface area contributed by atoms with Crippen molar-refractivity contribution >= 4 is 23.1 Å². The fourth-order valence-corrected chi connectivity index (χ4v) is 2.60. The third-order valence-electron chi connectivity index (χ3n) is 3.21. The van der Waals surface area contributed by atoms with Crippen molar-refractivity contribution < 1.29 is 23.1 Å². The number of urea groups is 1. The molecule has 1 atom stereocenters. The van der Waals surface area contributed by atoms with Gasteiger partial charge in [0.25, 0.3) is 0 Å². The lowest BCUT2D eigenvalue weighted by Crippen LogP contribution is -2.47. The lowest BCUT2D eigenvalue weighted by Gasteiger charge is -2.29. The molecular formula is C13H15F3N4O2S. The van der Waals surface area contributed by atoms with E-state index in [1.165, 1.54) is 30.8 Å². The van der Waals surface area contributed by atoms with Gasteiger partial charge in [0, 0.05) is 37.8 Å². The molecule has 2 heterocycles. The molecule has 0 fully saturated rings. The molecule has 0 spiro atoms. The molecule has 126 valence electrons. The van der Waals surface area contributed by atoms with Crippen molar-refractivity contribution in [2.24, 2.45) is 7.05 Å². The number of amides is 2. The van der Waals surface area contributed by atoms with Crippen LogP contribution in [0.5, 0.6) is 0 Å². The summed E-state index contributed by atoms with van der Waals surface area (Å²) in [5.41, 5.74) is -2.59. The van der Waals surface area contributed by atoms with E-state index in [1.54, 1.807) is 16.8 Å². The SMILES string of the molecule is Cn1ccnc1C(O)(CCNC(=O)Nc1ccsc1)C(F)(F)F. The molecule has 0 bridgehead atoms. The number of imidazole rings is 1. The van der Waals surface area contributed by atoms with Crippen LogP contribution in [-0.4, -0.2) is 33.4 Å². The number of hydrogen-bond donors (Lipinski definition) is 3. The van der Waals surface area contributed by atoms with Crippen molar-refractivity contribution in [1.29, 1.82) is 0 Å². The second-order valence-corrected chi connectivity index (χ2v) is 5.64. The van der Waals surface area contributed by atoms with Crippen LogP contribution in [0.25, 0.3) is 0 Å². The number of alkyl halides is 3. The van der Waals surface area contributed by atoms with Crippen molar-refractivity contribution in [3.05, 3.63) is 35.0 Å². The number of aliphatic hydroxyl groups is 1. The Morgan fingerprint density at radius 2 is 2.22 bits per heavy atom. The van der Waals surface area contributed by atoms with E-state index in [0.717, 1.165) is 4.57 Å². The van der Waals surface area contributed by atoms with Crippen LogP contribution in [0.15, 0.2) is 29.2 Å². The number of carbonyl (C=O) groups is 1. The molecule has 0 aromatic carbocycles. The van der Waals surface area contributed by atoms with Crippen molar-refractivity contribution in [2.45, 2.75) is 18.2 Å². The second kappa shape index (κ2) is 6.59. The molecule has 2 rings (SSSR count). The van der Waals surface area contributed by atoms with E-state index in [9.17, 15) is 23.1 Å². The molecule has 0 aliphatic rings. The fourth-order valence-electron chi connectivity index (χ4n) is 2.01. The largest absolute Gasteiger partial charge is 0.424 e. The third kappa shape index (κ3) is 3.82. The predicted molar refractivity (Wildman–Crippen MR) is 79.1 cm³/mol. The summed E-state index contributed by atoms with van der Waals surface area (Å²) in [4.78, 5) is 15.2. The number of nitrogens with one attached hydrogen (secondary N) is 2. The van der Waals surface area contributed by atoms with Crippen LogP contribution in [-0.2, 0) is 12.6 Å². The molecule has 0 aliphatic carbocycles. The predicted octanol–water partition coefficient (Wildman–Crippen LogP) is 2.44. The summed E-state index contributed by atoms with van der Waals surface area (Å²) in [5.74, 6) is -0.523. The maximum absolute atomic E-state index is 13.2. The van der Waals surface area contributed by atoms with Gasteiger partial charge in [-0.25, -0.2) is 9.78 Å². The van der Waals surface area contributed by atoms with Crippen molar-refractivity contribution in [3.8, 4) is 0 Å². The molecule has 0 saturated heterocycles. The highest BCUT2D eigenvalue weighted by atomic mass is 32.1. The lowest BCUT2D eigenvalue weighted by atomic mass is 9.97. The summed E-state index contributed by atoms with van der Waals surface area (Å²) in [7, 11) is 1.36. The third-order valence-corrected chi connectivity index (χ3v) is 3.89. The Morgan fingerprint density at radius 3 is 2.74 bits per heavy atom. The van der Waals surface area contributed by atoms with E-state index in [2.05, 4.69) is 15.6 Å². The number of aryl methyl sites for hydroxylation is 1. The highest BCUT2D eigenvalue weighted by molar-refractivity contribution is 7.08. The minimum atomic E-state index is -4.92. The van der Waals surface area contributed by atoms with Gasteiger partial charge in [-0.2, -0.15) is 24.5 Å². The van der Waals surface area contributed by atoms with Gasteiger partial charge in [0.15, 0.2) is 0 Å². The summed E-state index contributed by atoms with van der Waals surface area (Å²) >= 11 is 1.37. The summed E-state index contributed by atoms with van der Waals surface area (Å²) in [6, 6.07) is 1.01. The average molecular weight is 348 g/mol. The summed E-state index contributed by atoms with van der Waals surface area (Å²) < 4.78 is 40.8. The Morgan fingerprint density at radius 1 is 1.48 bits per heavy atom. The Kier molecular flexibility index (Phi) is 4.95. The Labute approximate surface area is 134 Å². The van der Waals surface area contributed by atoms with Gasteiger partial charge in [0.1, 0.15) is 5.82 Å². The van der Waals surface area contributed by atoms with E-state index in [-0.39, 0.29) is 6.54 Å². The van der Waals surface area contributed by atoms with Gasteiger partial charge in [-0.15, -0.1) is 0 Å². The Balaban J connectivity index is 2.00. The van der Waals surface area contributed by atoms with Gasteiger partial charge < -0.3 is 20.3 Å². The smallest absolute Gasteiger partial charge is 0.374 e. The molecule has 0 radical (unpaired) electrons.